The Morgan fingerprint density at radius 3 is 2.86 bits per heavy atom. The number of nitrogens with zero attached hydrogens (tertiary/aromatic N) is 3. The number of likely N-dealkylation sites (tertiary alicyclic amines) is 1. The van der Waals surface area contributed by atoms with Gasteiger partial charge in [-0.1, -0.05) is 38.3 Å². The molecule has 2 aliphatic heterocycles. The van der Waals surface area contributed by atoms with Crippen LogP contribution in [0.4, 0.5) is 0 Å². The standard InChI is InChI=1S/C19H31N3/c1-2-3-7-17-10-14-21(15-11-17)12-6-13-22-19-9-5-4-8-18(19)16-20-22/h4-5,9,16-18H,2-3,6-8,10-15H2,1H3. The van der Waals surface area contributed by atoms with E-state index in [1.54, 1.807) is 0 Å². The maximum Gasteiger partial charge on any atom is 0.0455 e. The lowest BCUT2D eigenvalue weighted by Crippen LogP contribution is -2.35. The number of piperidine rings is 1. The van der Waals surface area contributed by atoms with E-state index < -0.39 is 0 Å². The topological polar surface area (TPSA) is 18.8 Å². The molecule has 3 nitrogen and oxygen atoms in total. The summed E-state index contributed by atoms with van der Waals surface area (Å²) in [6, 6.07) is 0. The molecule has 0 N–H and O–H groups in total. The van der Waals surface area contributed by atoms with Crippen LogP contribution < -0.4 is 0 Å². The Morgan fingerprint density at radius 2 is 2.05 bits per heavy atom. The lowest BCUT2D eigenvalue weighted by atomic mass is 9.91. The highest BCUT2D eigenvalue weighted by Gasteiger charge is 2.24. The van der Waals surface area contributed by atoms with Gasteiger partial charge in [-0.25, -0.2) is 0 Å². The van der Waals surface area contributed by atoms with E-state index in [4.69, 9.17) is 0 Å². The first-order valence-corrected chi connectivity index (χ1v) is 9.27. The van der Waals surface area contributed by atoms with Crippen LogP contribution in [0, 0.1) is 11.8 Å². The van der Waals surface area contributed by atoms with Gasteiger partial charge in [-0.3, -0.25) is 5.01 Å². The van der Waals surface area contributed by atoms with Crippen LogP contribution in [-0.2, 0) is 0 Å². The molecule has 0 radical (unpaired) electrons. The molecule has 2 heterocycles. The van der Waals surface area contributed by atoms with Crippen molar-refractivity contribution in [2.24, 2.45) is 16.9 Å². The first kappa shape index (κ1) is 15.8. The van der Waals surface area contributed by atoms with Crippen molar-refractivity contribution in [1.29, 1.82) is 0 Å². The van der Waals surface area contributed by atoms with Crippen LogP contribution in [0.2, 0.25) is 0 Å². The largest absolute Gasteiger partial charge is 0.303 e. The first-order valence-electron chi connectivity index (χ1n) is 9.27. The van der Waals surface area contributed by atoms with Gasteiger partial charge in [-0.15, -0.1) is 0 Å². The van der Waals surface area contributed by atoms with Crippen molar-refractivity contribution < 1.29 is 0 Å². The van der Waals surface area contributed by atoms with E-state index in [1.165, 1.54) is 63.9 Å². The molecule has 0 spiro atoms. The van der Waals surface area contributed by atoms with Crippen molar-refractivity contribution in [3.63, 3.8) is 0 Å². The van der Waals surface area contributed by atoms with Crippen molar-refractivity contribution in [3.8, 4) is 0 Å². The van der Waals surface area contributed by atoms with Gasteiger partial charge in [0.1, 0.15) is 0 Å². The lowest BCUT2D eigenvalue weighted by molar-refractivity contribution is 0.170. The minimum atomic E-state index is 0.541. The zero-order chi connectivity index (χ0) is 15.2. The van der Waals surface area contributed by atoms with Crippen molar-refractivity contribution >= 4 is 6.21 Å². The molecule has 0 aromatic carbocycles. The fourth-order valence-corrected chi connectivity index (χ4v) is 3.90. The number of rotatable bonds is 7. The predicted molar refractivity (Wildman–Crippen MR) is 93.8 cm³/mol. The summed E-state index contributed by atoms with van der Waals surface area (Å²) in [5.41, 5.74) is 1.40. The highest BCUT2D eigenvalue weighted by molar-refractivity contribution is 5.68. The van der Waals surface area contributed by atoms with Gasteiger partial charge in [0.05, 0.1) is 0 Å². The molecule has 0 aromatic heterocycles. The van der Waals surface area contributed by atoms with Crippen molar-refractivity contribution in [2.45, 2.75) is 51.9 Å². The third-order valence-corrected chi connectivity index (χ3v) is 5.37. The van der Waals surface area contributed by atoms with E-state index >= 15 is 0 Å². The maximum absolute atomic E-state index is 4.59. The summed E-state index contributed by atoms with van der Waals surface area (Å²) in [5.74, 6) is 1.54. The second-order valence-electron chi connectivity index (χ2n) is 7.03. The van der Waals surface area contributed by atoms with Crippen LogP contribution in [0.15, 0.2) is 29.0 Å². The molecule has 3 heteroatoms. The molecular formula is C19H31N3. The molecule has 22 heavy (non-hydrogen) atoms. The van der Waals surface area contributed by atoms with Crippen LogP contribution in [0.3, 0.4) is 0 Å². The molecule has 3 aliphatic rings. The molecule has 1 fully saturated rings. The van der Waals surface area contributed by atoms with Gasteiger partial charge in [-0.05, 0) is 57.3 Å². The van der Waals surface area contributed by atoms with Crippen LogP contribution in [0.25, 0.3) is 0 Å². The van der Waals surface area contributed by atoms with Crippen LogP contribution in [-0.4, -0.2) is 42.3 Å². The minimum absolute atomic E-state index is 0.541. The normalized spacial score (nSPS) is 25.6. The monoisotopic (exact) mass is 301 g/mol. The Bertz CT molecular complexity index is 430. The zero-order valence-electron chi connectivity index (χ0n) is 14.1. The fraction of sp³-hybridized carbons (Fsp3) is 0.737. The number of hydrogen-bond acceptors (Lipinski definition) is 3. The summed E-state index contributed by atoms with van der Waals surface area (Å²) in [7, 11) is 0. The van der Waals surface area contributed by atoms with E-state index in [1.807, 2.05) is 0 Å². The van der Waals surface area contributed by atoms with Crippen LogP contribution >= 0.6 is 0 Å². The molecule has 122 valence electrons. The highest BCUT2D eigenvalue weighted by atomic mass is 15.5. The SMILES string of the molecule is CCCCC1CCN(CCCN2N=CC3CC=CC=C32)CC1. The average molecular weight is 301 g/mol. The molecule has 1 unspecified atom stereocenters. The molecule has 1 atom stereocenters. The van der Waals surface area contributed by atoms with Gasteiger partial charge in [0.15, 0.2) is 0 Å². The number of hydrazone groups is 1. The molecular weight excluding hydrogens is 270 g/mol. The quantitative estimate of drug-likeness (QED) is 0.706. The van der Waals surface area contributed by atoms with Crippen molar-refractivity contribution in [2.75, 3.05) is 26.2 Å². The highest BCUT2D eigenvalue weighted by Crippen LogP contribution is 2.28. The Balaban J connectivity index is 1.34. The second-order valence-corrected chi connectivity index (χ2v) is 7.03. The average Bonchev–Trinajstić information content (AvgIpc) is 2.98. The van der Waals surface area contributed by atoms with Gasteiger partial charge >= 0.3 is 0 Å². The van der Waals surface area contributed by atoms with Gasteiger partial charge in [0.25, 0.3) is 0 Å². The number of unbranched alkanes of at least 4 members (excludes halogenated alkanes) is 1. The Kier molecular flexibility index (Phi) is 5.71. The van der Waals surface area contributed by atoms with Gasteiger partial charge in [-0.2, -0.15) is 5.10 Å². The van der Waals surface area contributed by atoms with Gasteiger partial charge < -0.3 is 4.90 Å². The molecule has 1 saturated heterocycles. The van der Waals surface area contributed by atoms with Crippen molar-refractivity contribution in [3.05, 3.63) is 23.9 Å². The zero-order valence-corrected chi connectivity index (χ0v) is 14.1. The molecule has 0 saturated carbocycles. The van der Waals surface area contributed by atoms with E-state index in [9.17, 15) is 0 Å². The van der Waals surface area contributed by atoms with E-state index in [-0.39, 0.29) is 0 Å². The summed E-state index contributed by atoms with van der Waals surface area (Å²) in [6.45, 7) is 7.23. The van der Waals surface area contributed by atoms with Gasteiger partial charge in [0, 0.05) is 24.4 Å². The minimum Gasteiger partial charge on any atom is -0.303 e. The van der Waals surface area contributed by atoms with Crippen molar-refractivity contribution in [1.82, 2.24) is 9.91 Å². The third-order valence-electron chi connectivity index (χ3n) is 5.37. The summed E-state index contributed by atoms with van der Waals surface area (Å²) in [6.07, 6.45) is 18.2. The Hall–Kier alpha value is -1.09. The Labute approximate surface area is 135 Å². The molecule has 3 rings (SSSR count). The predicted octanol–water partition coefficient (Wildman–Crippen LogP) is 4.04. The molecule has 1 aliphatic carbocycles. The lowest BCUT2D eigenvalue weighted by Gasteiger charge is -2.32. The van der Waals surface area contributed by atoms with Crippen LogP contribution in [0.1, 0.15) is 51.9 Å². The first-order chi connectivity index (χ1) is 10.9. The fourth-order valence-electron chi connectivity index (χ4n) is 3.90. The van der Waals surface area contributed by atoms with E-state index in [0.717, 1.165) is 18.9 Å². The molecule has 0 aromatic rings. The summed E-state index contributed by atoms with van der Waals surface area (Å²) in [4.78, 5) is 2.66. The molecule has 0 bridgehead atoms. The van der Waals surface area contributed by atoms with Gasteiger partial charge in [0.2, 0.25) is 0 Å². The Morgan fingerprint density at radius 1 is 1.18 bits per heavy atom. The smallest absolute Gasteiger partial charge is 0.0455 e. The third kappa shape index (κ3) is 4.01. The summed E-state index contributed by atoms with van der Waals surface area (Å²) in [5, 5.41) is 6.81. The summed E-state index contributed by atoms with van der Waals surface area (Å²) >= 11 is 0. The van der Waals surface area contributed by atoms with E-state index in [2.05, 4.69) is 46.4 Å². The number of hydrogen-bond donors (Lipinski definition) is 0. The molecule has 0 amide bonds. The second kappa shape index (κ2) is 7.96. The number of fused-ring (bicyclic) bond motifs is 1. The van der Waals surface area contributed by atoms with E-state index in [0.29, 0.717) is 5.92 Å². The van der Waals surface area contributed by atoms with Crippen LogP contribution in [0.5, 0.6) is 0 Å². The summed E-state index contributed by atoms with van der Waals surface area (Å²) < 4.78 is 0. The number of allylic oxidation sites excluding steroid dienone is 4. The maximum atomic E-state index is 4.59.